The smallest absolute Gasteiger partial charge is 0.0597 e. The first-order chi connectivity index (χ1) is 9.69. The molecule has 0 saturated carbocycles. The molecule has 1 aliphatic heterocycles. The van der Waals surface area contributed by atoms with E-state index in [1.807, 2.05) is 11.7 Å². The highest BCUT2D eigenvalue weighted by Crippen LogP contribution is 2.18. The Hall–Kier alpha value is -0.910. The van der Waals surface area contributed by atoms with Crippen molar-refractivity contribution in [3.63, 3.8) is 0 Å². The minimum absolute atomic E-state index is 0.759. The maximum absolute atomic E-state index is 5.06. The van der Waals surface area contributed by atoms with Crippen molar-refractivity contribution < 1.29 is 4.74 Å². The molecule has 5 nitrogen and oxygen atoms in total. The minimum Gasteiger partial charge on any atom is -0.383 e. The summed E-state index contributed by atoms with van der Waals surface area (Å²) in [4.78, 5) is 2.56. The standard InChI is InChI=1S/C15H28N4O/c1-13-9-15(18(2)17-13)12-19-7-4-5-14(11-19)10-16-6-8-20-3/h9,14,16H,4-8,10-12H2,1-3H3. The first-order valence-corrected chi connectivity index (χ1v) is 7.60. The molecular formula is C15H28N4O. The quantitative estimate of drug-likeness (QED) is 0.762. The third kappa shape index (κ3) is 4.58. The van der Waals surface area contributed by atoms with Crippen LogP contribution < -0.4 is 5.32 Å². The number of aromatic nitrogens is 2. The van der Waals surface area contributed by atoms with E-state index < -0.39 is 0 Å². The molecule has 114 valence electrons. The number of ether oxygens (including phenoxy) is 1. The molecule has 1 unspecified atom stereocenters. The molecule has 20 heavy (non-hydrogen) atoms. The minimum atomic E-state index is 0.759. The van der Waals surface area contributed by atoms with Gasteiger partial charge in [-0.25, -0.2) is 0 Å². The predicted octanol–water partition coefficient (Wildman–Crippen LogP) is 1.18. The normalized spacial score (nSPS) is 20.4. The number of likely N-dealkylation sites (tertiary alicyclic amines) is 1. The highest BCUT2D eigenvalue weighted by Gasteiger charge is 2.20. The highest BCUT2D eigenvalue weighted by atomic mass is 16.5. The van der Waals surface area contributed by atoms with Crippen molar-refractivity contribution in [1.29, 1.82) is 0 Å². The van der Waals surface area contributed by atoms with Gasteiger partial charge in [-0.2, -0.15) is 5.10 Å². The van der Waals surface area contributed by atoms with Gasteiger partial charge in [0.15, 0.2) is 0 Å². The fraction of sp³-hybridized carbons (Fsp3) is 0.800. The van der Waals surface area contributed by atoms with Crippen LogP contribution in [0.4, 0.5) is 0 Å². The fourth-order valence-corrected chi connectivity index (χ4v) is 2.98. The van der Waals surface area contributed by atoms with Crippen LogP contribution in [0.2, 0.25) is 0 Å². The molecule has 0 aromatic carbocycles. The van der Waals surface area contributed by atoms with Crippen molar-refractivity contribution in [3.05, 3.63) is 17.5 Å². The van der Waals surface area contributed by atoms with Gasteiger partial charge in [-0.05, 0) is 44.8 Å². The summed E-state index contributed by atoms with van der Waals surface area (Å²) in [5, 5.41) is 7.92. The van der Waals surface area contributed by atoms with Gasteiger partial charge in [-0.15, -0.1) is 0 Å². The SMILES string of the molecule is COCCNCC1CCCN(Cc2cc(C)nn2C)C1. The van der Waals surface area contributed by atoms with Crippen LogP contribution in [-0.4, -0.2) is 54.6 Å². The monoisotopic (exact) mass is 280 g/mol. The summed E-state index contributed by atoms with van der Waals surface area (Å²) >= 11 is 0. The fourth-order valence-electron chi connectivity index (χ4n) is 2.98. The third-order valence-electron chi connectivity index (χ3n) is 4.00. The van der Waals surface area contributed by atoms with E-state index >= 15 is 0 Å². The van der Waals surface area contributed by atoms with Crippen LogP contribution in [0.3, 0.4) is 0 Å². The van der Waals surface area contributed by atoms with E-state index in [-0.39, 0.29) is 0 Å². The molecular weight excluding hydrogens is 252 g/mol. The van der Waals surface area contributed by atoms with Crippen LogP contribution in [0.15, 0.2) is 6.07 Å². The van der Waals surface area contributed by atoms with Gasteiger partial charge in [0, 0.05) is 33.8 Å². The second kappa shape index (κ2) is 7.76. The maximum Gasteiger partial charge on any atom is 0.0597 e. The van der Waals surface area contributed by atoms with E-state index in [1.165, 1.54) is 31.6 Å². The number of nitrogens with one attached hydrogen (secondary N) is 1. The Kier molecular flexibility index (Phi) is 6.01. The molecule has 0 bridgehead atoms. The van der Waals surface area contributed by atoms with Crippen molar-refractivity contribution in [2.24, 2.45) is 13.0 Å². The number of rotatable bonds is 7. The van der Waals surface area contributed by atoms with Crippen molar-refractivity contribution in [2.45, 2.75) is 26.3 Å². The molecule has 1 aromatic heterocycles. The van der Waals surface area contributed by atoms with Crippen LogP contribution >= 0.6 is 0 Å². The molecule has 5 heteroatoms. The van der Waals surface area contributed by atoms with Gasteiger partial charge in [-0.1, -0.05) is 0 Å². The van der Waals surface area contributed by atoms with Crippen LogP contribution in [0.25, 0.3) is 0 Å². The number of methoxy groups -OCH3 is 1. The second-order valence-electron chi connectivity index (χ2n) is 5.84. The van der Waals surface area contributed by atoms with Gasteiger partial charge in [-0.3, -0.25) is 9.58 Å². The van der Waals surface area contributed by atoms with Crippen LogP contribution in [0, 0.1) is 12.8 Å². The molecule has 0 spiro atoms. The van der Waals surface area contributed by atoms with Gasteiger partial charge in [0.1, 0.15) is 0 Å². The molecule has 0 radical (unpaired) electrons. The summed E-state index contributed by atoms with van der Waals surface area (Å²) in [5.41, 5.74) is 2.42. The summed E-state index contributed by atoms with van der Waals surface area (Å²) in [5.74, 6) is 0.759. The predicted molar refractivity (Wildman–Crippen MR) is 80.7 cm³/mol. The average Bonchev–Trinajstić information content (AvgIpc) is 2.74. The van der Waals surface area contributed by atoms with Crippen molar-refractivity contribution in [2.75, 3.05) is 39.9 Å². The zero-order valence-electron chi connectivity index (χ0n) is 13.1. The van der Waals surface area contributed by atoms with E-state index in [4.69, 9.17) is 4.74 Å². The zero-order valence-corrected chi connectivity index (χ0v) is 13.1. The Balaban J connectivity index is 1.77. The van der Waals surface area contributed by atoms with E-state index in [9.17, 15) is 0 Å². The number of aryl methyl sites for hydroxylation is 2. The molecule has 0 amide bonds. The molecule has 1 aliphatic rings. The Bertz CT molecular complexity index is 405. The van der Waals surface area contributed by atoms with Gasteiger partial charge in [0.05, 0.1) is 18.0 Å². The number of hydrogen-bond acceptors (Lipinski definition) is 4. The number of piperidine rings is 1. The Morgan fingerprint density at radius 2 is 2.35 bits per heavy atom. The summed E-state index contributed by atoms with van der Waals surface area (Å²) in [6, 6.07) is 2.19. The summed E-state index contributed by atoms with van der Waals surface area (Å²) < 4.78 is 7.07. The molecule has 2 heterocycles. The highest BCUT2D eigenvalue weighted by molar-refractivity contribution is 5.08. The van der Waals surface area contributed by atoms with Gasteiger partial charge >= 0.3 is 0 Å². The summed E-state index contributed by atoms with van der Waals surface area (Å²) in [6.45, 7) is 8.32. The van der Waals surface area contributed by atoms with E-state index in [2.05, 4.69) is 28.3 Å². The van der Waals surface area contributed by atoms with E-state index in [0.717, 1.165) is 37.9 Å². The lowest BCUT2D eigenvalue weighted by molar-refractivity contribution is 0.156. The zero-order chi connectivity index (χ0) is 14.4. The van der Waals surface area contributed by atoms with Gasteiger partial charge < -0.3 is 10.1 Å². The lowest BCUT2D eigenvalue weighted by atomic mass is 9.98. The molecule has 1 aromatic rings. The van der Waals surface area contributed by atoms with Crippen LogP contribution in [0.5, 0.6) is 0 Å². The van der Waals surface area contributed by atoms with Crippen LogP contribution in [-0.2, 0) is 18.3 Å². The third-order valence-corrected chi connectivity index (χ3v) is 4.00. The molecule has 1 fully saturated rings. The Morgan fingerprint density at radius 3 is 3.05 bits per heavy atom. The summed E-state index contributed by atoms with van der Waals surface area (Å²) in [7, 11) is 3.79. The second-order valence-corrected chi connectivity index (χ2v) is 5.84. The molecule has 1 saturated heterocycles. The van der Waals surface area contributed by atoms with Crippen LogP contribution in [0.1, 0.15) is 24.2 Å². The lowest BCUT2D eigenvalue weighted by Crippen LogP contribution is -2.40. The molecule has 1 N–H and O–H groups in total. The van der Waals surface area contributed by atoms with Gasteiger partial charge in [0.2, 0.25) is 0 Å². The topological polar surface area (TPSA) is 42.3 Å². The summed E-state index contributed by atoms with van der Waals surface area (Å²) in [6.07, 6.45) is 2.63. The lowest BCUT2D eigenvalue weighted by Gasteiger charge is -2.32. The van der Waals surface area contributed by atoms with Crippen molar-refractivity contribution >= 4 is 0 Å². The average molecular weight is 280 g/mol. The first-order valence-electron chi connectivity index (χ1n) is 7.60. The Morgan fingerprint density at radius 1 is 1.50 bits per heavy atom. The van der Waals surface area contributed by atoms with Crippen molar-refractivity contribution in [3.8, 4) is 0 Å². The van der Waals surface area contributed by atoms with E-state index in [0.29, 0.717) is 0 Å². The van der Waals surface area contributed by atoms with Gasteiger partial charge in [0.25, 0.3) is 0 Å². The molecule has 1 atom stereocenters. The largest absolute Gasteiger partial charge is 0.383 e. The first kappa shape index (κ1) is 15.5. The molecule has 2 rings (SSSR count). The molecule has 0 aliphatic carbocycles. The maximum atomic E-state index is 5.06. The number of hydrogen-bond donors (Lipinski definition) is 1. The Labute approximate surface area is 122 Å². The van der Waals surface area contributed by atoms with Crippen molar-refractivity contribution in [1.82, 2.24) is 20.0 Å². The van der Waals surface area contributed by atoms with E-state index in [1.54, 1.807) is 7.11 Å². The number of nitrogens with zero attached hydrogens (tertiary/aromatic N) is 3.